The highest BCUT2D eigenvalue weighted by atomic mass is 35.5. The van der Waals surface area contributed by atoms with Gasteiger partial charge in [-0.15, -0.1) is 0 Å². The molecular formula is C13H7ClF2N6. The highest BCUT2D eigenvalue weighted by Crippen LogP contribution is 2.24. The van der Waals surface area contributed by atoms with Crippen molar-refractivity contribution in [3.05, 3.63) is 46.9 Å². The maximum absolute atomic E-state index is 13.0. The molecule has 0 aliphatic carbocycles. The van der Waals surface area contributed by atoms with Crippen LogP contribution in [0.2, 0.25) is 5.15 Å². The number of nitriles is 1. The zero-order chi connectivity index (χ0) is 15.7. The Balaban J connectivity index is 2.15. The van der Waals surface area contributed by atoms with Crippen LogP contribution in [0.15, 0.2) is 30.5 Å². The van der Waals surface area contributed by atoms with Crippen LogP contribution in [-0.2, 0) is 0 Å². The molecule has 3 aromatic rings. The van der Waals surface area contributed by atoms with E-state index in [-0.39, 0.29) is 22.2 Å². The van der Waals surface area contributed by atoms with E-state index in [1.54, 1.807) is 18.2 Å². The van der Waals surface area contributed by atoms with Crippen LogP contribution in [0.1, 0.15) is 17.7 Å². The van der Waals surface area contributed by atoms with Crippen molar-refractivity contribution in [3.63, 3.8) is 0 Å². The van der Waals surface area contributed by atoms with Crippen LogP contribution < -0.4 is 5.32 Å². The van der Waals surface area contributed by atoms with Gasteiger partial charge < -0.3 is 5.32 Å². The molecule has 0 aromatic carbocycles. The standard InChI is InChI=1S/C13H7ClF2N6/c14-9-2-1-3-10(20-9)21-11-4-8(12(15)16)19-13-7(5-17)6-18-22(11)13/h1-4,6,12H,(H,20,21). The molecule has 0 saturated heterocycles. The Morgan fingerprint density at radius 1 is 1.32 bits per heavy atom. The molecule has 3 aromatic heterocycles. The molecule has 22 heavy (non-hydrogen) atoms. The third kappa shape index (κ3) is 2.54. The first-order valence-corrected chi connectivity index (χ1v) is 6.43. The molecule has 9 heteroatoms. The molecule has 0 spiro atoms. The number of pyridine rings is 1. The molecule has 110 valence electrons. The second kappa shape index (κ2) is 5.54. The van der Waals surface area contributed by atoms with Crippen LogP contribution in [0.4, 0.5) is 20.4 Å². The lowest BCUT2D eigenvalue weighted by Crippen LogP contribution is -2.05. The summed E-state index contributed by atoms with van der Waals surface area (Å²) in [6, 6.07) is 7.87. The van der Waals surface area contributed by atoms with Crippen molar-refractivity contribution in [1.82, 2.24) is 19.6 Å². The lowest BCUT2D eigenvalue weighted by molar-refractivity contribution is 0.146. The first-order chi connectivity index (χ1) is 10.6. The molecular weight excluding hydrogens is 314 g/mol. The van der Waals surface area contributed by atoms with Crippen molar-refractivity contribution >= 4 is 28.9 Å². The smallest absolute Gasteiger partial charge is 0.280 e. The molecule has 0 fully saturated rings. The van der Waals surface area contributed by atoms with E-state index in [0.717, 1.165) is 6.07 Å². The second-order valence-corrected chi connectivity index (χ2v) is 4.63. The summed E-state index contributed by atoms with van der Waals surface area (Å²) in [5.41, 5.74) is -0.316. The number of alkyl halides is 2. The largest absolute Gasteiger partial charge is 0.325 e. The van der Waals surface area contributed by atoms with Crippen LogP contribution in [0.25, 0.3) is 5.65 Å². The molecule has 0 unspecified atom stereocenters. The Labute approximate surface area is 128 Å². The summed E-state index contributed by atoms with van der Waals surface area (Å²) in [7, 11) is 0. The van der Waals surface area contributed by atoms with Crippen LogP contribution in [0, 0.1) is 11.3 Å². The van der Waals surface area contributed by atoms with Gasteiger partial charge in [0.25, 0.3) is 6.43 Å². The van der Waals surface area contributed by atoms with Crippen LogP contribution in [0.5, 0.6) is 0 Å². The second-order valence-electron chi connectivity index (χ2n) is 4.24. The van der Waals surface area contributed by atoms with Gasteiger partial charge in [-0.1, -0.05) is 17.7 Å². The van der Waals surface area contributed by atoms with Crippen molar-refractivity contribution in [3.8, 4) is 6.07 Å². The minimum atomic E-state index is -2.78. The van der Waals surface area contributed by atoms with Crippen LogP contribution in [0.3, 0.4) is 0 Å². The predicted octanol–water partition coefficient (Wildman–Crippen LogP) is 3.33. The van der Waals surface area contributed by atoms with Gasteiger partial charge in [-0.05, 0) is 12.1 Å². The number of anilines is 2. The molecule has 3 rings (SSSR count). The van der Waals surface area contributed by atoms with E-state index in [0.29, 0.717) is 5.82 Å². The lowest BCUT2D eigenvalue weighted by Gasteiger charge is -2.09. The van der Waals surface area contributed by atoms with Gasteiger partial charge in [0.05, 0.1) is 6.20 Å². The normalized spacial score (nSPS) is 10.9. The number of nitrogens with one attached hydrogen (secondary N) is 1. The van der Waals surface area contributed by atoms with Gasteiger partial charge in [0.15, 0.2) is 5.65 Å². The molecule has 0 atom stereocenters. The topological polar surface area (TPSA) is 78.9 Å². The van der Waals surface area contributed by atoms with Gasteiger partial charge in [0.2, 0.25) is 0 Å². The van der Waals surface area contributed by atoms with Crippen molar-refractivity contribution in [2.24, 2.45) is 0 Å². The third-order valence-corrected chi connectivity index (χ3v) is 3.02. The van der Waals surface area contributed by atoms with E-state index in [4.69, 9.17) is 16.9 Å². The number of halogens is 3. The summed E-state index contributed by atoms with van der Waals surface area (Å²) in [5.74, 6) is 0.561. The Morgan fingerprint density at radius 2 is 2.14 bits per heavy atom. The lowest BCUT2D eigenvalue weighted by atomic mass is 10.3. The van der Waals surface area contributed by atoms with Gasteiger partial charge >= 0.3 is 0 Å². The zero-order valence-electron chi connectivity index (χ0n) is 10.8. The molecule has 6 nitrogen and oxygen atoms in total. The first-order valence-electron chi connectivity index (χ1n) is 6.05. The minimum Gasteiger partial charge on any atom is -0.325 e. The van der Waals surface area contributed by atoms with E-state index in [9.17, 15) is 8.78 Å². The summed E-state index contributed by atoms with van der Waals surface area (Å²) in [4.78, 5) is 7.78. The fraction of sp³-hybridized carbons (Fsp3) is 0.0769. The number of hydrogen-bond acceptors (Lipinski definition) is 5. The van der Waals surface area contributed by atoms with Crippen molar-refractivity contribution in [2.45, 2.75) is 6.43 Å². The molecule has 0 bridgehead atoms. The highest BCUT2D eigenvalue weighted by molar-refractivity contribution is 6.29. The molecule has 0 amide bonds. The van der Waals surface area contributed by atoms with Crippen LogP contribution in [-0.4, -0.2) is 19.6 Å². The number of rotatable bonds is 3. The van der Waals surface area contributed by atoms with Gasteiger partial charge in [0.1, 0.15) is 34.1 Å². The number of aromatic nitrogens is 4. The van der Waals surface area contributed by atoms with Crippen molar-refractivity contribution in [2.75, 3.05) is 5.32 Å². The van der Waals surface area contributed by atoms with Gasteiger partial charge in [0, 0.05) is 6.07 Å². The maximum atomic E-state index is 13.0. The van der Waals surface area contributed by atoms with E-state index in [1.165, 1.54) is 10.7 Å². The van der Waals surface area contributed by atoms with Crippen LogP contribution >= 0.6 is 11.6 Å². The van der Waals surface area contributed by atoms with E-state index < -0.39 is 12.1 Å². The van der Waals surface area contributed by atoms with E-state index in [1.807, 2.05) is 6.07 Å². The Bertz CT molecular complexity index is 886. The van der Waals surface area contributed by atoms with E-state index >= 15 is 0 Å². The summed E-state index contributed by atoms with van der Waals surface area (Å²) >= 11 is 5.79. The summed E-state index contributed by atoms with van der Waals surface area (Å²) in [6.45, 7) is 0. The molecule has 1 N–H and O–H groups in total. The quantitative estimate of drug-likeness (QED) is 0.749. The van der Waals surface area contributed by atoms with Gasteiger partial charge in [-0.25, -0.2) is 18.7 Å². The molecule has 3 heterocycles. The first kappa shape index (κ1) is 14.2. The Kier molecular flexibility index (Phi) is 3.56. The molecule has 0 saturated carbocycles. The number of nitrogens with zero attached hydrogens (tertiary/aromatic N) is 5. The summed E-state index contributed by atoms with van der Waals surface area (Å²) in [6.07, 6.45) is -1.52. The molecule has 0 aliphatic heterocycles. The Hall–Kier alpha value is -2.79. The van der Waals surface area contributed by atoms with Crippen molar-refractivity contribution < 1.29 is 8.78 Å². The van der Waals surface area contributed by atoms with Gasteiger partial charge in [-0.2, -0.15) is 14.9 Å². The average Bonchev–Trinajstić information content (AvgIpc) is 2.90. The number of fused-ring (bicyclic) bond motifs is 1. The summed E-state index contributed by atoms with van der Waals surface area (Å²) in [5, 5.41) is 16.1. The molecule has 0 radical (unpaired) electrons. The zero-order valence-corrected chi connectivity index (χ0v) is 11.6. The predicted molar refractivity (Wildman–Crippen MR) is 75.2 cm³/mol. The molecule has 0 aliphatic rings. The fourth-order valence-electron chi connectivity index (χ4n) is 1.87. The fourth-order valence-corrected chi connectivity index (χ4v) is 2.03. The highest BCUT2D eigenvalue weighted by Gasteiger charge is 2.17. The summed E-state index contributed by atoms with van der Waals surface area (Å²) < 4.78 is 27.2. The van der Waals surface area contributed by atoms with E-state index in [2.05, 4.69) is 20.4 Å². The maximum Gasteiger partial charge on any atom is 0.280 e. The monoisotopic (exact) mass is 320 g/mol. The number of hydrogen-bond donors (Lipinski definition) is 1. The third-order valence-electron chi connectivity index (χ3n) is 2.81. The van der Waals surface area contributed by atoms with Crippen molar-refractivity contribution in [1.29, 1.82) is 5.26 Å². The average molecular weight is 321 g/mol. The SMILES string of the molecule is N#Cc1cnn2c(Nc3cccc(Cl)n3)cc(C(F)F)nc12. The minimum absolute atomic E-state index is 0.0461. The Morgan fingerprint density at radius 3 is 2.82 bits per heavy atom. The van der Waals surface area contributed by atoms with Gasteiger partial charge in [-0.3, -0.25) is 0 Å².